The second-order valence-corrected chi connectivity index (χ2v) is 9.84. The molecule has 1 nitrogen and oxygen atoms in total. The van der Waals surface area contributed by atoms with Crippen LogP contribution in [0.1, 0.15) is 88.7 Å². The van der Waals surface area contributed by atoms with E-state index < -0.39 is 0 Å². The molecular formula is C28H43FO. The van der Waals surface area contributed by atoms with Gasteiger partial charge in [0.05, 0.1) is 13.3 Å². The summed E-state index contributed by atoms with van der Waals surface area (Å²) in [7, 11) is 0. The topological polar surface area (TPSA) is 9.23 Å². The molecule has 0 bridgehead atoms. The van der Waals surface area contributed by atoms with E-state index in [1.165, 1.54) is 75.3 Å². The third kappa shape index (κ3) is 7.13. The number of hydrogen-bond donors (Lipinski definition) is 0. The van der Waals surface area contributed by atoms with Gasteiger partial charge >= 0.3 is 0 Å². The monoisotopic (exact) mass is 414 g/mol. The van der Waals surface area contributed by atoms with Crippen molar-refractivity contribution in [1.29, 1.82) is 0 Å². The molecular weight excluding hydrogens is 371 g/mol. The minimum atomic E-state index is -0.216. The van der Waals surface area contributed by atoms with Gasteiger partial charge in [-0.25, -0.2) is 0 Å². The Morgan fingerprint density at radius 1 is 1.00 bits per heavy atom. The lowest BCUT2D eigenvalue weighted by Crippen LogP contribution is -2.25. The van der Waals surface area contributed by atoms with Crippen LogP contribution < -0.4 is 4.74 Å². The van der Waals surface area contributed by atoms with Crippen LogP contribution in [0.25, 0.3) is 0 Å². The zero-order chi connectivity index (χ0) is 21.2. The molecule has 0 atom stereocenters. The Morgan fingerprint density at radius 3 is 2.37 bits per heavy atom. The van der Waals surface area contributed by atoms with E-state index in [-0.39, 0.29) is 6.67 Å². The zero-order valence-corrected chi connectivity index (χ0v) is 19.4. The molecule has 0 N–H and O–H groups in total. The van der Waals surface area contributed by atoms with Gasteiger partial charge in [-0.05, 0) is 118 Å². The largest absolute Gasteiger partial charge is 0.494 e. The van der Waals surface area contributed by atoms with Gasteiger partial charge in [-0.3, -0.25) is 4.39 Å². The zero-order valence-electron chi connectivity index (χ0n) is 19.4. The van der Waals surface area contributed by atoms with E-state index in [1.54, 1.807) is 0 Å². The lowest BCUT2D eigenvalue weighted by molar-refractivity contribution is 0.152. The van der Waals surface area contributed by atoms with Crippen molar-refractivity contribution in [1.82, 2.24) is 0 Å². The van der Waals surface area contributed by atoms with Gasteiger partial charge in [-0.1, -0.05) is 38.0 Å². The maximum absolute atomic E-state index is 12.3. The number of allylic oxidation sites excluding steroid dienone is 2. The fraction of sp³-hybridized carbons (Fsp3) is 0.714. The number of rotatable bonds is 10. The molecule has 0 unspecified atom stereocenters. The quantitative estimate of drug-likeness (QED) is 0.350. The molecule has 1 aromatic carbocycles. The summed E-state index contributed by atoms with van der Waals surface area (Å²) >= 11 is 0. The van der Waals surface area contributed by atoms with Gasteiger partial charge < -0.3 is 4.74 Å². The van der Waals surface area contributed by atoms with Crippen LogP contribution in [0.3, 0.4) is 0 Å². The maximum atomic E-state index is 12.3. The highest BCUT2D eigenvalue weighted by Crippen LogP contribution is 2.42. The Labute approximate surface area is 184 Å². The highest BCUT2D eigenvalue weighted by atomic mass is 19.1. The van der Waals surface area contributed by atoms with Crippen LogP contribution in [-0.2, 0) is 6.42 Å². The molecule has 3 rings (SSSR count). The number of ether oxygens (including phenoxy) is 1. The standard InChI is InChI=1S/C28H43FO/c1-3-20-30-28-18-7-22(2)27(21-28)17-12-24-10-15-26(16-11-24)25-13-8-23(9-14-25)6-4-5-19-29/h4,6-7,18,21,23-26H,3,5,8-17,19-20H2,1-2H3/b6-4+. The molecule has 0 amide bonds. The SMILES string of the molecule is CCCOc1ccc(C)c(CCC2CCC(C3CCC(/C=C/CCF)CC3)CC2)c1. The Kier molecular flexibility index (Phi) is 9.75. The summed E-state index contributed by atoms with van der Waals surface area (Å²) in [5.74, 6) is 4.57. The predicted octanol–water partition coefficient (Wildman–Crippen LogP) is 8.25. The van der Waals surface area contributed by atoms with E-state index in [4.69, 9.17) is 4.74 Å². The summed E-state index contributed by atoms with van der Waals surface area (Å²) in [4.78, 5) is 0. The molecule has 0 aliphatic heterocycles. The van der Waals surface area contributed by atoms with Crippen LogP contribution in [0, 0.1) is 30.6 Å². The van der Waals surface area contributed by atoms with Crippen molar-refractivity contribution in [2.24, 2.45) is 23.7 Å². The summed E-state index contributed by atoms with van der Waals surface area (Å²) < 4.78 is 18.1. The molecule has 0 aromatic heterocycles. The third-order valence-corrected chi connectivity index (χ3v) is 7.67. The van der Waals surface area contributed by atoms with Crippen molar-refractivity contribution >= 4 is 0 Å². The molecule has 2 saturated carbocycles. The van der Waals surface area contributed by atoms with Crippen LogP contribution in [0.5, 0.6) is 5.75 Å². The number of alkyl halides is 1. The first kappa shape index (κ1) is 23.4. The molecule has 2 heteroatoms. The van der Waals surface area contributed by atoms with Crippen LogP contribution in [0.15, 0.2) is 30.4 Å². The van der Waals surface area contributed by atoms with Crippen molar-refractivity contribution < 1.29 is 9.13 Å². The van der Waals surface area contributed by atoms with Gasteiger partial charge in [0.1, 0.15) is 5.75 Å². The third-order valence-electron chi connectivity index (χ3n) is 7.67. The summed E-state index contributed by atoms with van der Waals surface area (Å²) in [6.07, 6.45) is 19.7. The normalized spacial score (nSPS) is 27.4. The molecule has 0 saturated heterocycles. The summed E-state index contributed by atoms with van der Waals surface area (Å²) in [6, 6.07) is 6.61. The first-order chi connectivity index (χ1) is 14.7. The maximum Gasteiger partial charge on any atom is 0.119 e. The fourth-order valence-electron chi connectivity index (χ4n) is 5.70. The number of hydrogen-bond acceptors (Lipinski definition) is 1. The van der Waals surface area contributed by atoms with Crippen LogP contribution in [0.4, 0.5) is 4.39 Å². The molecule has 1 aromatic rings. The lowest BCUT2D eigenvalue weighted by atomic mass is 9.68. The van der Waals surface area contributed by atoms with Crippen LogP contribution >= 0.6 is 0 Å². The van der Waals surface area contributed by atoms with Gasteiger partial charge in [0.2, 0.25) is 0 Å². The van der Waals surface area contributed by atoms with Crippen molar-refractivity contribution in [2.75, 3.05) is 13.3 Å². The average molecular weight is 415 g/mol. The Morgan fingerprint density at radius 2 is 1.70 bits per heavy atom. The van der Waals surface area contributed by atoms with Crippen molar-refractivity contribution in [2.45, 2.75) is 90.9 Å². The van der Waals surface area contributed by atoms with Gasteiger partial charge in [0.15, 0.2) is 0 Å². The van der Waals surface area contributed by atoms with Gasteiger partial charge in [0.25, 0.3) is 0 Å². The summed E-state index contributed by atoms with van der Waals surface area (Å²) in [6.45, 7) is 4.98. The first-order valence-electron chi connectivity index (χ1n) is 12.6. The summed E-state index contributed by atoms with van der Waals surface area (Å²) in [5.41, 5.74) is 2.88. The van der Waals surface area contributed by atoms with Crippen molar-refractivity contribution in [3.8, 4) is 5.75 Å². The van der Waals surface area contributed by atoms with Crippen molar-refractivity contribution in [3.63, 3.8) is 0 Å². The van der Waals surface area contributed by atoms with Crippen molar-refractivity contribution in [3.05, 3.63) is 41.5 Å². The minimum Gasteiger partial charge on any atom is -0.494 e. The molecule has 0 spiro atoms. The molecule has 168 valence electrons. The van der Waals surface area contributed by atoms with E-state index in [2.05, 4.69) is 44.2 Å². The highest BCUT2D eigenvalue weighted by molar-refractivity contribution is 5.35. The molecule has 30 heavy (non-hydrogen) atoms. The molecule has 2 fully saturated rings. The second kappa shape index (κ2) is 12.5. The molecule has 2 aliphatic carbocycles. The number of benzene rings is 1. The van der Waals surface area contributed by atoms with Gasteiger partial charge in [0, 0.05) is 0 Å². The summed E-state index contributed by atoms with van der Waals surface area (Å²) in [5, 5.41) is 0. The molecule has 0 radical (unpaired) electrons. The van der Waals surface area contributed by atoms with E-state index in [1.807, 2.05) is 0 Å². The smallest absolute Gasteiger partial charge is 0.119 e. The van der Waals surface area contributed by atoms with Gasteiger partial charge in [-0.15, -0.1) is 0 Å². The first-order valence-corrected chi connectivity index (χ1v) is 12.6. The molecule has 2 aliphatic rings. The van der Waals surface area contributed by atoms with Gasteiger partial charge in [-0.2, -0.15) is 0 Å². The van der Waals surface area contributed by atoms with E-state index in [0.29, 0.717) is 12.3 Å². The van der Waals surface area contributed by atoms with E-state index in [9.17, 15) is 4.39 Å². The average Bonchev–Trinajstić information content (AvgIpc) is 2.79. The second-order valence-electron chi connectivity index (χ2n) is 9.84. The van der Waals surface area contributed by atoms with E-state index in [0.717, 1.165) is 36.5 Å². The predicted molar refractivity (Wildman–Crippen MR) is 126 cm³/mol. The van der Waals surface area contributed by atoms with Crippen LogP contribution in [-0.4, -0.2) is 13.3 Å². The van der Waals surface area contributed by atoms with E-state index >= 15 is 0 Å². The minimum absolute atomic E-state index is 0.216. The highest BCUT2D eigenvalue weighted by Gasteiger charge is 2.30. The Balaban J connectivity index is 1.38. The Bertz CT molecular complexity index is 636. The lowest BCUT2D eigenvalue weighted by Gasteiger charge is -2.37. The number of halogens is 1. The van der Waals surface area contributed by atoms with Crippen LogP contribution in [0.2, 0.25) is 0 Å². The Hall–Kier alpha value is -1.31. The number of aryl methyl sites for hydroxylation is 2. The molecule has 0 heterocycles. The fourth-order valence-corrected chi connectivity index (χ4v) is 5.70.